The van der Waals surface area contributed by atoms with Gasteiger partial charge in [0, 0.05) is 19.2 Å². The number of thiazole rings is 1. The predicted octanol–water partition coefficient (Wildman–Crippen LogP) is 2.37. The third-order valence-corrected chi connectivity index (χ3v) is 7.54. The van der Waals surface area contributed by atoms with Gasteiger partial charge in [0.1, 0.15) is 21.3 Å². The standard InChI is InChI=1S/C23H22N8O3S/c32-17(10-24-7-12-2-3-12)27-13-6-15-19(25-8-13)20-18(21(33)28-15)23-31(29-20)11-16(35-23)14-9-26-30-4-1-5-34-22(14)30/h6,8-9,11-12,24H,1-5,7,10H2,(H,27,32)(H,28,33). The van der Waals surface area contributed by atoms with Crippen LogP contribution < -0.4 is 20.9 Å². The largest absolute Gasteiger partial charge is 0.477 e. The molecule has 0 saturated heterocycles. The van der Waals surface area contributed by atoms with Gasteiger partial charge in [-0.3, -0.25) is 14.6 Å². The maximum atomic E-state index is 13.1. The van der Waals surface area contributed by atoms with E-state index in [2.05, 4.69) is 30.8 Å². The smallest absolute Gasteiger partial charge is 0.261 e. The van der Waals surface area contributed by atoms with E-state index in [9.17, 15) is 9.59 Å². The lowest BCUT2D eigenvalue weighted by Gasteiger charge is -2.15. The van der Waals surface area contributed by atoms with Crippen molar-refractivity contribution in [2.24, 2.45) is 5.92 Å². The van der Waals surface area contributed by atoms with Crippen molar-refractivity contribution in [2.45, 2.75) is 25.8 Å². The highest BCUT2D eigenvalue weighted by Crippen LogP contribution is 2.38. The molecule has 1 amide bonds. The van der Waals surface area contributed by atoms with Gasteiger partial charge >= 0.3 is 0 Å². The summed E-state index contributed by atoms with van der Waals surface area (Å²) in [5.41, 5.74) is 2.81. The van der Waals surface area contributed by atoms with E-state index >= 15 is 0 Å². The first-order valence-corrected chi connectivity index (χ1v) is 12.5. The van der Waals surface area contributed by atoms with Gasteiger partial charge in [-0.1, -0.05) is 0 Å². The molecule has 1 fully saturated rings. The zero-order valence-electron chi connectivity index (χ0n) is 18.7. The van der Waals surface area contributed by atoms with Gasteiger partial charge in [-0.05, 0) is 31.4 Å². The van der Waals surface area contributed by atoms with Crippen molar-refractivity contribution in [3.05, 3.63) is 35.0 Å². The van der Waals surface area contributed by atoms with E-state index in [0.717, 1.165) is 40.7 Å². The van der Waals surface area contributed by atoms with Crippen LogP contribution in [0.1, 0.15) is 19.3 Å². The second kappa shape index (κ2) is 7.89. The van der Waals surface area contributed by atoms with Crippen LogP contribution in [0.3, 0.4) is 0 Å². The summed E-state index contributed by atoms with van der Waals surface area (Å²) in [4.78, 5) is 34.4. The molecule has 178 valence electrons. The predicted molar refractivity (Wildman–Crippen MR) is 132 cm³/mol. The molecule has 35 heavy (non-hydrogen) atoms. The number of nitrogens with one attached hydrogen (secondary N) is 3. The monoisotopic (exact) mass is 490 g/mol. The van der Waals surface area contributed by atoms with Gasteiger partial charge in [0.2, 0.25) is 11.8 Å². The van der Waals surface area contributed by atoms with E-state index in [1.54, 1.807) is 23.0 Å². The molecule has 1 aliphatic carbocycles. The lowest BCUT2D eigenvalue weighted by atomic mass is 10.2. The number of carbonyl (C=O) groups excluding carboxylic acids is 1. The summed E-state index contributed by atoms with van der Waals surface area (Å²) in [6, 6.07) is 1.72. The van der Waals surface area contributed by atoms with Gasteiger partial charge in [-0.25, -0.2) is 9.20 Å². The number of amides is 1. The van der Waals surface area contributed by atoms with Crippen LogP contribution in [-0.2, 0) is 11.3 Å². The molecule has 0 aromatic carbocycles. The summed E-state index contributed by atoms with van der Waals surface area (Å²) in [6.07, 6.45) is 8.69. The number of carbonyl (C=O) groups is 1. The average molecular weight is 491 g/mol. The Bertz CT molecular complexity index is 1680. The van der Waals surface area contributed by atoms with E-state index < -0.39 is 0 Å². The Morgan fingerprint density at radius 1 is 1.29 bits per heavy atom. The van der Waals surface area contributed by atoms with Gasteiger partial charge < -0.3 is 20.4 Å². The van der Waals surface area contributed by atoms with Gasteiger partial charge in [-0.15, -0.1) is 11.3 Å². The lowest BCUT2D eigenvalue weighted by molar-refractivity contribution is -0.115. The van der Waals surface area contributed by atoms with Crippen LogP contribution in [0, 0.1) is 5.92 Å². The number of nitrogens with zero attached hydrogens (tertiary/aromatic N) is 5. The molecule has 5 aromatic heterocycles. The van der Waals surface area contributed by atoms with Crippen molar-refractivity contribution in [1.82, 2.24) is 34.7 Å². The maximum Gasteiger partial charge on any atom is 0.261 e. The molecule has 0 bridgehead atoms. The Balaban J connectivity index is 1.22. The summed E-state index contributed by atoms with van der Waals surface area (Å²) in [5, 5.41) is 15.6. The Morgan fingerprint density at radius 3 is 3.09 bits per heavy atom. The van der Waals surface area contributed by atoms with Crippen molar-refractivity contribution >= 4 is 49.7 Å². The van der Waals surface area contributed by atoms with Crippen molar-refractivity contribution in [1.29, 1.82) is 0 Å². The molecule has 0 atom stereocenters. The molecule has 1 saturated carbocycles. The summed E-state index contributed by atoms with van der Waals surface area (Å²) in [7, 11) is 0. The second-order valence-corrected chi connectivity index (χ2v) is 10.1. The number of aromatic nitrogens is 6. The van der Waals surface area contributed by atoms with Gasteiger partial charge in [0.25, 0.3) is 5.56 Å². The minimum atomic E-state index is -0.249. The summed E-state index contributed by atoms with van der Waals surface area (Å²) in [6.45, 7) is 2.61. The lowest BCUT2D eigenvalue weighted by Crippen LogP contribution is -2.29. The van der Waals surface area contributed by atoms with Gasteiger partial charge in [-0.2, -0.15) is 10.2 Å². The molecule has 0 radical (unpaired) electrons. The molecule has 0 unspecified atom stereocenters. The highest BCUT2D eigenvalue weighted by atomic mass is 32.1. The molecule has 0 spiro atoms. The topological polar surface area (TPSA) is 131 Å². The zero-order valence-corrected chi connectivity index (χ0v) is 19.5. The molecular weight excluding hydrogens is 468 g/mol. The number of rotatable bonds is 6. The number of hydrogen-bond donors (Lipinski definition) is 3. The first kappa shape index (κ1) is 20.6. The van der Waals surface area contributed by atoms with Gasteiger partial charge in [0.05, 0.1) is 47.2 Å². The highest BCUT2D eigenvalue weighted by molar-refractivity contribution is 7.21. The van der Waals surface area contributed by atoms with Crippen molar-refractivity contribution in [3.63, 3.8) is 0 Å². The minimum Gasteiger partial charge on any atom is -0.477 e. The van der Waals surface area contributed by atoms with Crippen molar-refractivity contribution in [2.75, 3.05) is 25.0 Å². The molecule has 5 aromatic rings. The Labute approximate surface area is 202 Å². The number of H-pyrrole nitrogens is 1. The van der Waals surface area contributed by atoms with Crippen LogP contribution in [-0.4, -0.2) is 55.0 Å². The number of aryl methyl sites for hydroxylation is 1. The number of pyridine rings is 2. The van der Waals surface area contributed by atoms with Crippen molar-refractivity contribution < 1.29 is 9.53 Å². The first-order valence-electron chi connectivity index (χ1n) is 11.7. The Kier molecular flexibility index (Phi) is 4.64. The van der Waals surface area contributed by atoms with Gasteiger partial charge in [0.15, 0.2) is 0 Å². The summed E-state index contributed by atoms with van der Waals surface area (Å²) < 4.78 is 9.41. The molecule has 11 nitrogen and oxygen atoms in total. The van der Waals surface area contributed by atoms with Crippen molar-refractivity contribution in [3.8, 4) is 16.3 Å². The molecule has 12 heteroatoms. The quantitative estimate of drug-likeness (QED) is 0.333. The Morgan fingerprint density at radius 2 is 2.20 bits per heavy atom. The molecule has 6 heterocycles. The molecule has 1 aliphatic heterocycles. The van der Waals surface area contributed by atoms with Crippen LogP contribution in [0.25, 0.3) is 37.2 Å². The maximum absolute atomic E-state index is 13.1. The van der Waals surface area contributed by atoms with Crippen LogP contribution in [0.2, 0.25) is 0 Å². The van der Waals surface area contributed by atoms with Crippen LogP contribution in [0.15, 0.2) is 29.5 Å². The summed E-state index contributed by atoms with van der Waals surface area (Å²) in [5.74, 6) is 1.32. The van der Waals surface area contributed by atoms with E-state index in [1.807, 2.05) is 10.9 Å². The number of aromatic amines is 1. The van der Waals surface area contributed by atoms with E-state index in [-0.39, 0.29) is 18.0 Å². The fourth-order valence-electron chi connectivity index (χ4n) is 4.50. The first-order chi connectivity index (χ1) is 17.1. The fraction of sp³-hybridized carbons (Fsp3) is 0.348. The normalized spacial score (nSPS) is 15.5. The molecule has 7 rings (SSSR count). The SMILES string of the molecule is O=C(CNCC1CC1)Nc1cnc2c(c1)[nH]c(=O)c1c2nn2cc(-c3cnn4c3OCCC4)sc12. The molecular formula is C23H22N8O3S. The number of anilines is 1. The second-order valence-electron chi connectivity index (χ2n) is 9.05. The third kappa shape index (κ3) is 3.56. The van der Waals surface area contributed by atoms with E-state index in [1.165, 1.54) is 24.2 Å². The molecule has 3 N–H and O–H groups in total. The number of fused-ring (bicyclic) bond motifs is 6. The van der Waals surface area contributed by atoms with Crippen LogP contribution in [0.5, 0.6) is 5.88 Å². The average Bonchev–Trinajstić information content (AvgIpc) is 3.26. The van der Waals surface area contributed by atoms with E-state index in [4.69, 9.17) is 4.74 Å². The zero-order chi connectivity index (χ0) is 23.5. The van der Waals surface area contributed by atoms with Crippen LogP contribution in [0.4, 0.5) is 5.69 Å². The fourth-order valence-corrected chi connectivity index (χ4v) is 5.59. The minimum absolute atomic E-state index is 0.142. The van der Waals surface area contributed by atoms with E-state index in [0.29, 0.717) is 40.1 Å². The van der Waals surface area contributed by atoms with Crippen LogP contribution >= 0.6 is 11.3 Å². The highest BCUT2D eigenvalue weighted by Gasteiger charge is 2.23. The third-order valence-electron chi connectivity index (χ3n) is 6.41. The summed E-state index contributed by atoms with van der Waals surface area (Å²) >= 11 is 1.47. The number of hydrogen-bond acceptors (Lipinski definition) is 8. The molecule has 2 aliphatic rings. The number of ether oxygens (including phenoxy) is 1. The Hall–Kier alpha value is -3.77.